The quantitative estimate of drug-likeness (QED) is 0.850. The number of ketones is 1. The highest BCUT2D eigenvalue weighted by molar-refractivity contribution is 5.80. The summed E-state index contributed by atoms with van der Waals surface area (Å²) in [5.41, 5.74) is 1.34. The second kappa shape index (κ2) is 6.04. The molecule has 0 spiro atoms. The molecule has 0 amide bonds. The van der Waals surface area contributed by atoms with Crippen LogP contribution in [0, 0.1) is 5.92 Å². The van der Waals surface area contributed by atoms with Crippen molar-refractivity contribution in [3.05, 3.63) is 29.8 Å². The van der Waals surface area contributed by atoms with Crippen molar-refractivity contribution in [3.8, 4) is 5.75 Å². The van der Waals surface area contributed by atoms with Crippen LogP contribution in [0.3, 0.4) is 0 Å². The van der Waals surface area contributed by atoms with E-state index < -0.39 is 0 Å². The van der Waals surface area contributed by atoms with Crippen LogP contribution in [-0.2, 0) is 11.3 Å². The molecular weight excluding hydrogens is 274 g/mol. The number of carbonyl (C=O) groups is 1. The minimum absolute atomic E-state index is 0.0324. The number of rotatable bonds is 3. The molecule has 2 aliphatic rings. The highest BCUT2D eigenvalue weighted by Crippen LogP contribution is 2.42. The molecule has 2 fully saturated rings. The zero-order valence-electron chi connectivity index (χ0n) is 14.0. The van der Waals surface area contributed by atoms with Gasteiger partial charge in [0.1, 0.15) is 11.5 Å². The Hall–Kier alpha value is -1.35. The molecule has 2 heterocycles. The Morgan fingerprint density at radius 3 is 2.73 bits per heavy atom. The summed E-state index contributed by atoms with van der Waals surface area (Å²) in [6.07, 6.45) is 5.07. The van der Waals surface area contributed by atoms with Gasteiger partial charge in [0.05, 0.1) is 7.11 Å². The zero-order chi connectivity index (χ0) is 15.7. The van der Waals surface area contributed by atoms with Crippen molar-refractivity contribution in [2.24, 2.45) is 5.92 Å². The lowest BCUT2D eigenvalue weighted by atomic mass is 9.81. The van der Waals surface area contributed by atoms with Gasteiger partial charge in [-0.1, -0.05) is 25.5 Å². The number of fused-ring (bicyclic) bond motifs is 2. The standard InChI is InChI=1S/C19H27NO2/c1-14-11-16(21)12-19(2)10-4-5-18(14)20(19)13-15-6-8-17(22-3)9-7-15/h6-9,14,18H,4-5,10-13H2,1-3H3. The molecule has 120 valence electrons. The second-order valence-electron chi connectivity index (χ2n) is 7.33. The summed E-state index contributed by atoms with van der Waals surface area (Å²) in [6, 6.07) is 8.89. The summed E-state index contributed by atoms with van der Waals surface area (Å²) in [5.74, 6) is 1.81. The van der Waals surface area contributed by atoms with Gasteiger partial charge < -0.3 is 4.74 Å². The number of nitrogens with zero attached hydrogens (tertiary/aromatic N) is 1. The van der Waals surface area contributed by atoms with Crippen LogP contribution < -0.4 is 4.74 Å². The first kappa shape index (κ1) is 15.5. The van der Waals surface area contributed by atoms with Crippen molar-refractivity contribution in [1.29, 1.82) is 0 Å². The molecule has 22 heavy (non-hydrogen) atoms. The van der Waals surface area contributed by atoms with Crippen LogP contribution in [-0.4, -0.2) is 29.4 Å². The Labute approximate surface area is 133 Å². The van der Waals surface area contributed by atoms with Crippen LogP contribution in [0.15, 0.2) is 24.3 Å². The molecule has 2 bridgehead atoms. The van der Waals surface area contributed by atoms with Crippen molar-refractivity contribution in [1.82, 2.24) is 4.90 Å². The molecule has 0 N–H and O–H groups in total. The van der Waals surface area contributed by atoms with Gasteiger partial charge in [0.25, 0.3) is 0 Å². The summed E-state index contributed by atoms with van der Waals surface area (Å²) in [6.45, 7) is 5.47. The maximum absolute atomic E-state index is 12.3. The first-order chi connectivity index (χ1) is 10.5. The van der Waals surface area contributed by atoms with E-state index in [1.54, 1.807) is 7.11 Å². The summed E-state index contributed by atoms with van der Waals surface area (Å²) in [4.78, 5) is 14.9. The van der Waals surface area contributed by atoms with Gasteiger partial charge in [-0.2, -0.15) is 0 Å². The fourth-order valence-corrected chi connectivity index (χ4v) is 4.40. The zero-order valence-corrected chi connectivity index (χ0v) is 14.0. The Balaban J connectivity index is 1.86. The van der Waals surface area contributed by atoms with Crippen molar-refractivity contribution < 1.29 is 9.53 Å². The van der Waals surface area contributed by atoms with E-state index in [1.807, 2.05) is 12.1 Å². The van der Waals surface area contributed by atoms with Gasteiger partial charge >= 0.3 is 0 Å². The van der Waals surface area contributed by atoms with Crippen LogP contribution in [0.1, 0.15) is 51.5 Å². The first-order valence-corrected chi connectivity index (χ1v) is 8.43. The molecule has 0 aliphatic carbocycles. The van der Waals surface area contributed by atoms with Crippen molar-refractivity contribution in [2.45, 2.75) is 64.1 Å². The van der Waals surface area contributed by atoms with E-state index >= 15 is 0 Å². The number of piperidine rings is 1. The van der Waals surface area contributed by atoms with E-state index in [2.05, 4.69) is 30.9 Å². The number of ether oxygens (including phenoxy) is 1. The number of benzene rings is 1. The summed E-state index contributed by atoms with van der Waals surface area (Å²) in [7, 11) is 1.70. The summed E-state index contributed by atoms with van der Waals surface area (Å²) in [5, 5.41) is 0. The largest absolute Gasteiger partial charge is 0.497 e. The van der Waals surface area contributed by atoms with Crippen LogP contribution in [0.4, 0.5) is 0 Å². The van der Waals surface area contributed by atoms with E-state index in [0.717, 1.165) is 25.1 Å². The molecule has 2 aliphatic heterocycles. The average Bonchev–Trinajstić information content (AvgIpc) is 2.53. The molecular formula is C19H27NO2. The maximum Gasteiger partial charge on any atom is 0.135 e. The van der Waals surface area contributed by atoms with Gasteiger partial charge in [0.2, 0.25) is 0 Å². The Morgan fingerprint density at radius 2 is 2.05 bits per heavy atom. The fraction of sp³-hybridized carbons (Fsp3) is 0.632. The minimum atomic E-state index is 0.0324. The Morgan fingerprint density at radius 1 is 1.32 bits per heavy atom. The Kier molecular flexibility index (Phi) is 4.26. The maximum atomic E-state index is 12.3. The number of hydrogen-bond acceptors (Lipinski definition) is 3. The number of Topliss-reactive ketones (excluding diaryl/α,β-unsaturated/α-hetero) is 1. The predicted molar refractivity (Wildman–Crippen MR) is 88.0 cm³/mol. The molecule has 2 saturated heterocycles. The molecule has 3 unspecified atom stereocenters. The predicted octanol–water partition coefficient (Wildman–Crippen LogP) is 3.81. The molecule has 1 aromatic carbocycles. The van der Waals surface area contributed by atoms with E-state index in [0.29, 0.717) is 24.2 Å². The third-order valence-corrected chi connectivity index (χ3v) is 5.61. The summed E-state index contributed by atoms with van der Waals surface area (Å²) >= 11 is 0. The van der Waals surface area contributed by atoms with Gasteiger partial charge in [-0.25, -0.2) is 0 Å². The monoisotopic (exact) mass is 301 g/mol. The van der Waals surface area contributed by atoms with Crippen molar-refractivity contribution >= 4 is 5.78 Å². The lowest BCUT2D eigenvalue weighted by Crippen LogP contribution is -2.55. The van der Waals surface area contributed by atoms with E-state index in [9.17, 15) is 4.79 Å². The summed E-state index contributed by atoms with van der Waals surface area (Å²) < 4.78 is 5.25. The van der Waals surface area contributed by atoms with E-state index in [4.69, 9.17) is 4.74 Å². The first-order valence-electron chi connectivity index (χ1n) is 8.43. The molecule has 0 aromatic heterocycles. The smallest absolute Gasteiger partial charge is 0.135 e. The molecule has 3 rings (SSSR count). The molecule has 0 saturated carbocycles. The van der Waals surface area contributed by atoms with Crippen LogP contribution in [0.2, 0.25) is 0 Å². The van der Waals surface area contributed by atoms with Gasteiger partial charge in [-0.3, -0.25) is 9.69 Å². The highest BCUT2D eigenvalue weighted by atomic mass is 16.5. The normalized spacial score (nSPS) is 32.6. The lowest BCUT2D eigenvalue weighted by Gasteiger charge is -2.49. The highest BCUT2D eigenvalue weighted by Gasteiger charge is 2.45. The Bertz CT molecular complexity index is 539. The van der Waals surface area contributed by atoms with Gasteiger partial charge in [0.15, 0.2) is 0 Å². The molecule has 3 nitrogen and oxygen atoms in total. The number of hydrogen-bond donors (Lipinski definition) is 0. The fourth-order valence-electron chi connectivity index (χ4n) is 4.40. The van der Waals surface area contributed by atoms with Crippen molar-refractivity contribution in [2.75, 3.05) is 7.11 Å². The number of methoxy groups -OCH3 is 1. The molecule has 1 aromatic rings. The second-order valence-corrected chi connectivity index (χ2v) is 7.33. The topological polar surface area (TPSA) is 29.5 Å². The third-order valence-electron chi connectivity index (χ3n) is 5.61. The van der Waals surface area contributed by atoms with Crippen LogP contribution in [0.5, 0.6) is 5.75 Å². The van der Waals surface area contributed by atoms with Crippen LogP contribution >= 0.6 is 0 Å². The van der Waals surface area contributed by atoms with Crippen molar-refractivity contribution in [3.63, 3.8) is 0 Å². The van der Waals surface area contributed by atoms with E-state index in [-0.39, 0.29) is 5.54 Å². The molecule has 0 radical (unpaired) electrons. The van der Waals surface area contributed by atoms with Gasteiger partial charge in [0, 0.05) is 31.0 Å². The average molecular weight is 301 g/mol. The number of carbonyl (C=O) groups excluding carboxylic acids is 1. The minimum Gasteiger partial charge on any atom is -0.497 e. The van der Waals surface area contributed by atoms with E-state index in [1.165, 1.54) is 18.4 Å². The lowest BCUT2D eigenvalue weighted by molar-refractivity contribution is -0.121. The van der Waals surface area contributed by atoms with Crippen LogP contribution in [0.25, 0.3) is 0 Å². The molecule has 3 atom stereocenters. The SMILES string of the molecule is COc1ccc(CN2C3CCCC2(C)CC(=O)CC3C)cc1. The van der Waals surface area contributed by atoms with Gasteiger partial charge in [-0.05, 0) is 43.4 Å². The molecule has 3 heteroatoms. The third kappa shape index (κ3) is 2.91. The van der Waals surface area contributed by atoms with Gasteiger partial charge in [-0.15, -0.1) is 0 Å².